The second-order valence-corrected chi connectivity index (χ2v) is 7.75. The molecule has 1 amide bonds. The van der Waals surface area contributed by atoms with E-state index in [4.69, 9.17) is 9.47 Å². The summed E-state index contributed by atoms with van der Waals surface area (Å²) in [7, 11) is 0. The molecule has 27 heavy (non-hydrogen) atoms. The van der Waals surface area contributed by atoms with Gasteiger partial charge in [0.25, 0.3) is 5.91 Å². The second-order valence-electron chi connectivity index (χ2n) is 7.75. The highest BCUT2D eigenvalue weighted by atomic mass is 16.6. The molecule has 1 aromatic heterocycles. The maximum Gasteiger partial charge on any atom is 0.269 e. The van der Waals surface area contributed by atoms with Crippen molar-refractivity contribution in [2.75, 3.05) is 19.8 Å². The number of aromatic nitrogens is 2. The van der Waals surface area contributed by atoms with Crippen molar-refractivity contribution < 1.29 is 14.3 Å². The highest BCUT2D eigenvalue weighted by Gasteiger charge is 2.41. The normalized spacial score (nSPS) is 22.9. The van der Waals surface area contributed by atoms with Gasteiger partial charge in [-0.05, 0) is 62.9 Å². The highest BCUT2D eigenvalue weighted by molar-refractivity contribution is 5.93. The van der Waals surface area contributed by atoms with E-state index in [1.54, 1.807) is 6.07 Å². The summed E-state index contributed by atoms with van der Waals surface area (Å²) in [5, 5.41) is 14.0. The zero-order valence-electron chi connectivity index (χ0n) is 15.2. The average molecular weight is 368 g/mol. The third-order valence-electron chi connectivity index (χ3n) is 5.94. The number of piperidine rings is 1. The number of fused-ring (bicyclic) bond motifs is 1. The number of nitrogens with zero attached hydrogens (tertiary/aromatic N) is 1. The first-order valence-electron chi connectivity index (χ1n) is 9.72. The first kappa shape index (κ1) is 16.6. The van der Waals surface area contributed by atoms with Crippen LogP contribution in [0.15, 0.2) is 24.3 Å². The van der Waals surface area contributed by atoms with Crippen LogP contribution in [0.25, 0.3) is 11.3 Å². The van der Waals surface area contributed by atoms with E-state index < -0.39 is 0 Å². The van der Waals surface area contributed by atoms with E-state index in [2.05, 4.69) is 20.8 Å². The molecule has 7 nitrogen and oxygen atoms in total. The summed E-state index contributed by atoms with van der Waals surface area (Å²) in [5.41, 5.74) is 2.37. The van der Waals surface area contributed by atoms with Crippen LogP contribution in [0.1, 0.15) is 42.6 Å². The van der Waals surface area contributed by atoms with E-state index in [1.165, 1.54) is 19.3 Å². The van der Waals surface area contributed by atoms with E-state index in [0.29, 0.717) is 24.7 Å². The van der Waals surface area contributed by atoms with Crippen LogP contribution in [-0.4, -0.2) is 47.4 Å². The van der Waals surface area contributed by atoms with Crippen LogP contribution in [0.3, 0.4) is 0 Å². The van der Waals surface area contributed by atoms with Gasteiger partial charge in [-0.1, -0.05) is 0 Å². The molecule has 2 aromatic rings. The Morgan fingerprint density at radius 2 is 2.04 bits per heavy atom. The zero-order valence-corrected chi connectivity index (χ0v) is 15.2. The molecule has 3 aliphatic rings. The van der Waals surface area contributed by atoms with Gasteiger partial charge in [0.05, 0.1) is 5.69 Å². The minimum atomic E-state index is -0.0901. The van der Waals surface area contributed by atoms with Crippen LogP contribution < -0.4 is 20.1 Å². The molecular weight excluding hydrogens is 344 g/mol. The molecule has 0 bridgehead atoms. The van der Waals surface area contributed by atoms with E-state index in [-0.39, 0.29) is 17.5 Å². The molecule has 1 saturated carbocycles. The Balaban J connectivity index is 1.28. The average Bonchev–Trinajstić information content (AvgIpc) is 3.17. The van der Waals surface area contributed by atoms with Gasteiger partial charge < -0.3 is 20.1 Å². The first-order valence-corrected chi connectivity index (χ1v) is 9.72. The lowest BCUT2D eigenvalue weighted by Gasteiger charge is -2.48. The number of nitrogens with one attached hydrogen (secondary N) is 3. The van der Waals surface area contributed by atoms with Crippen molar-refractivity contribution in [1.29, 1.82) is 0 Å². The molecule has 1 atom stereocenters. The number of aromatic amines is 1. The Morgan fingerprint density at radius 3 is 2.85 bits per heavy atom. The SMILES string of the molecule is O=C(NC1CCNC2(CCC2)C1)c1cc(-c2ccc3c(c2)OCCO3)n[nH]1. The van der Waals surface area contributed by atoms with E-state index in [1.807, 2.05) is 18.2 Å². The summed E-state index contributed by atoms with van der Waals surface area (Å²) in [4.78, 5) is 12.7. The third kappa shape index (κ3) is 3.16. The number of carbonyl (C=O) groups excluding carboxylic acids is 1. The monoisotopic (exact) mass is 368 g/mol. The van der Waals surface area contributed by atoms with Gasteiger partial charge in [-0.2, -0.15) is 5.10 Å². The number of rotatable bonds is 3. The molecule has 2 aliphatic heterocycles. The van der Waals surface area contributed by atoms with Gasteiger partial charge in [0.15, 0.2) is 11.5 Å². The smallest absolute Gasteiger partial charge is 0.269 e. The molecule has 142 valence electrons. The molecule has 1 aliphatic carbocycles. The third-order valence-corrected chi connectivity index (χ3v) is 5.94. The van der Waals surface area contributed by atoms with Crippen molar-refractivity contribution in [3.05, 3.63) is 30.0 Å². The lowest BCUT2D eigenvalue weighted by atomic mass is 9.70. The second kappa shape index (κ2) is 6.56. The molecule has 3 heterocycles. The maximum atomic E-state index is 12.7. The number of benzene rings is 1. The minimum absolute atomic E-state index is 0.0901. The van der Waals surface area contributed by atoms with Crippen LogP contribution in [0.2, 0.25) is 0 Å². The van der Waals surface area contributed by atoms with Gasteiger partial charge in [-0.15, -0.1) is 0 Å². The summed E-state index contributed by atoms with van der Waals surface area (Å²) in [6.07, 6.45) is 5.71. The van der Waals surface area contributed by atoms with Crippen LogP contribution in [-0.2, 0) is 0 Å². The molecule has 1 spiro atoms. The number of hydrogen-bond donors (Lipinski definition) is 3. The van der Waals surface area contributed by atoms with Crippen molar-refractivity contribution in [2.45, 2.75) is 43.7 Å². The molecular formula is C20H24N4O3. The Kier molecular flexibility index (Phi) is 4.04. The van der Waals surface area contributed by atoms with Crippen LogP contribution in [0.5, 0.6) is 11.5 Å². The molecule has 7 heteroatoms. The fourth-order valence-corrected chi connectivity index (χ4v) is 4.32. The predicted molar refractivity (Wildman–Crippen MR) is 100 cm³/mol. The van der Waals surface area contributed by atoms with Crippen LogP contribution >= 0.6 is 0 Å². The molecule has 1 unspecified atom stereocenters. The summed E-state index contributed by atoms with van der Waals surface area (Å²) in [5.74, 6) is 1.37. The van der Waals surface area contributed by atoms with Gasteiger partial charge in [0, 0.05) is 17.1 Å². The standard InChI is InChI=1S/C20H24N4O3/c25-19(22-14-4-7-21-20(12-14)5-1-6-20)16-11-15(23-24-16)13-2-3-17-18(10-13)27-9-8-26-17/h2-3,10-11,14,21H,1,4-9,12H2,(H,22,25)(H,23,24). The van der Waals surface area contributed by atoms with Gasteiger partial charge in [-0.3, -0.25) is 9.89 Å². The molecule has 3 N–H and O–H groups in total. The zero-order chi connectivity index (χ0) is 18.3. The Bertz CT molecular complexity index is 859. The largest absolute Gasteiger partial charge is 0.486 e. The number of H-pyrrole nitrogens is 1. The summed E-state index contributed by atoms with van der Waals surface area (Å²) in [6, 6.07) is 7.73. The summed E-state index contributed by atoms with van der Waals surface area (Å²) < 4.78 is 11.2. The molecule has 1 aromatic carbocycles. The van der Waals surface area contributed by atoms with Crippen molar-refractivity contribution in [3.8, 4) is 22.8 Å². The van der Waals surface area contributed by atoms with E-state index in [0.717, 1.165) is 36.4 Å². The molecule has 0 radical (unpaired) electrons. The Morgan fingerprint density at radius 1 is 1.19 bits per heavy atom. The quantitative estimate of drug-likeness (QED) is 0.773. The Labute approximate surface area is 157 Å². The fourth-order valence-electron chi connectivity index (χ4n) is 4.32. The highest BCUT2D eigenvalue weighted by Crippen LogP contribution is 2.38. The van der Waals surface area contributed by atoms with Gasteiger partial charge >= 0.3 is 0 Å². The minimum Gasteiger partial charge on any atom is -0.486 e. The lowest BCUT2D eigenvalue weighted by Crippen LogP contribution is -2.59. The molecule has 1 saturated heterocycles. The molecule has 5 rings (SSSR count). The number of amides is 1. The number of ether oxygens (including phenoxy) is 2. The number of hydrogen-bond acceptors (Lipinski definition) is 5. The van der Waals surface area contributed by atoms with Crippen molar-refractivity contribution in [1.82, 2.24) is 20.8 Å². The van der Waals surface area contributed by atoms with E-state index >= 15 is 0 Å². The summed E-state index contributed by atoms with van der Waals surface area (Å²) >= 11 is 0. The van der Waals surface area contributed by atoms with Crippen molar-refractivity contribution in [3.63, 3.8) is 0 Å². The summed E-state index contributed by atoms with van der Waals surface area (Å²) in [6.45, 7) is 2.08. The first-order chi connectivity index (χ1) is 13.2. The van der Waals surface area contributed by atoms with Crippen LogP contribution in [0, 0.1) is 0 Å². The fraction of sp³-hybridized carbons (Fsp3) is 0.500. The predicted octanol–water partition coefficient (Wildman–Crippen LogP) is 2.25. The van der Waals surface area contributed by atoms with Gasteiger partial charge in [0.1, 0.15) is 18.9 Å². The van der Waals surface area contributed by atoms with Gasteiger partial charge in [0.2, 0.25) is 0 Å². The Hall–Kier alpha value is -2.54. The van der Waals surface area contributed by atoms with E-state index in [9.17, 15) is 4.79 Å². The maximum absolute atomic E-state index is 12.7. The van der Waals surface area contributed by atoms with Crippen molar-refractivity contribution in [2.24, 2.45) is 0 Å². The number of carbonyl (C=O) groups is 1. The van der Waals surface area contributed by atoms with Gasteiger partial charge in [-0.25, -0.2) is 0 Å². The topological polar surface area (TPSA) is 88.3 Å². The molecule has 2 fully saturated rings. The van der Waals surface area contributed by atoms with Crippen molar-refractivity contribution >= 4 is 5.91 Å². The lowest BCUT2D eigenvalue weighted by molar-refractivity contribution is 0.0848. The van der Waals surface area contributed by atoms with Crippen LogP contribution in [0.4, 0.5) is 0 Å².